The van der Waals surface area contributed by atoms with E-state index < -0.39 is 0 Å². The van der Waals surface area contributed by atoms with Gasteiger partial charge in [-0.25, -0.2) is 0 Å². The minimum Gasteiger partial charge on any atom is -0.311 e. The molecule has 0 radical (unpaired) electrons. The Morgan fingerprint density at radius 1 is 1.57 bits per heavy atom. The molecule has 0 aromatic carbocycles. The average Bonchev–Trinajstić information content (AvgIpc) is 2.75. The van der Waals surface area contributed by atoms with Crippen LogP contribution in [-0.2, 0) is 4.79 Å². The van der Waals surface area contributed by atoms with E-state index in [2.05, 4.69) is 14.9 Å². The lowest BCUT2D eigenvalue weighted by molar-refractivity contribution is -0.112. The largest absolute Gasteiger partial charge is 0.311 e. The molecule has 2 rings (SSSR count). The van der Waals surface area contributed by atoms with Crippen LogP contribution in [0.25, 0.3) is 0 Å². The van der Waals surface area contributed by atoms with Crippen LogP contribution in [0.4, 0.5) is 5.00 Å². The van der Waals surface area contributed by atoms with Gasteiger partial charge in [0.2, 0.25) is 0 Å². The third-order valence-corrected chi connectivity index (χ3v) is 2.95. The molecule has 0 aliphatic heterocycles. The zero-order chi connectivity index (χ0) is 9.97. The Labute approximate surface area is 86.2 Å². The van der Waals surface area contributed by atoms with Gasteiger partial charge in [-0.2, -0.15) is 0 Å². The maximum absolute atomic E-state index is 11.7. The summed E-state index contributed by atoms with van der Waals surface area (Å²) in [6, 6.07) is 0. The van der Waals surface area contributed by atoms with Gasteiger partial charge in [0, 0.05) is 17.1 Å². The molecule has 1 aliphatic rings. The van der Waals surface area contributed by atoms with Crippen molar-refractivity contribution >= 4 is 22.4 Å². The van der Waals surface area contributed by atoms with Crippen LogP contribution in [0.2, 0.25) is 0 Å². The number of nitrogens with zero attached hydrogens (tertiary/aromatic N) is 2. The van der Waals surface area contributed by atoms with Crippen LogP contribution in [0.5, 0.6) is 0 Å². The molecule has 0 unspecified atom stereocenters. The SMILES string of the molecule is CC1=C(C(=O)Nc2cnns2)CCC1. The number of anilines is 1. The number of hydrogen-bond donors (Lipinski definition) is 1. The molecular formula is C9H11N3OS. The fourth-order valence-electron chi connectivity index (χ4n) is 1.61. The molecule has 74 valence electrons. The van der Waals surface area contributed by atoms with Crippen molar-refractivity contribution in [3.8, 4) is 0 Å². The standard InChI is InChI=1S/C9H11N3OS/c1-6-3-2-4-7(6)9(13)11-8-5-10-12-14-8/h5H,2-4H2,1H3,(H,11,13). The third kappa shape index (κ3) is 1.82. The minimum atomic E-state index is 0.00560. The number of amides is 1. The normalized spacial score (nSPS) is 16.1. The lowest BCUT2D eigenvalue weighted by Crippen LogP contribution is -2.13. The first-order chi connectivity index (χ1) is 6.77. The van der Waals surface area contributed by atoms with Crippen LogP contribution in [-0.4, -0.2) is 15.5 Å². The smallest absolute Gasteiger partial charge is 0.252 e. The van der Waals surface area contributed by atoms with Gasteiger partial charge in [0.1, 0.15) is 5.00 Å². The second-order valence-electron chi connectivity index (χ2n) is 3.35. The highest BCUT2D eigenvalue weighted by atomic mass is 32.1. The van der Waals surface area contributed by atoms with Crippen molar-refractivity contribution in [1.82, 2.24) is 9.59 Å². The van der Waals surface area contributed by atoms with Gasteiger partial charge in [-0.3, -0.25) is 4.79 Å². The molecule has 14 heavy (non-hydrogen) atoms. The lowest BCUT2D eigenvalue weighted by Gasteiger charge is -2.02. The maximum atomic E-state index is 11.7. The van der Waals surface area contributed by atoms with E-state index in [4.69, 9.17) is 0 Å². The number of hydrogen-bond acceptors (Lipinski definition) is 4. The van der Waals surface area contributed by atoms with Crippen LogP contribution in [0.15, 0.2) is 17.3 Å². The Balaban J connectivity index is 2.06. The van der Waals surface area contributed by atoms with E-state index in [1.54, 1.807) is 6.20 Å². The third-order valence-electron chi connectivity index (χ3n) is 2.37. The van der Waals surface area contributed by atoms with E-state index in [1.165, 1.54) is 17.1 Å². The predicted octanol–water partition coefficient (Wildman–Crippen LogP) is 1.98. The van der Waals surface area contributed by atoms with E-state index >= 15 is 0 Å². The van der Waals surface area contributed by atoms with Gasteiger partial charge in [-0.15, -0.1) is 5.10 Å². The van der Waals surface area contributed by atoms with Crippen LogP contribution >= 0.6 is 11.5 Å². The summed E-state index contributed by atoms with van der Waals surface area (Å²) in [4.78, 5) is 11.7. The van der Waals surface area contributed by atoms with Gasteiger partial charge in [0.25, 0.3) is 5.91 Å². The highest BCUT2D eigenvalue weighted by molar-refractivity contribution is 7.10. The summed E-state index contributed by atoms with van der Waals surface area (Å²) in [6.07, 6.45) is 4.59. The first-order valence-corrected chi connectivity index (χ1v) is 5.32. The molecule has 1 aromatic rings. The van der Waals surface area contributed by atoms with Gasteiger partial charge in [0.15, 0.2) is 0 Å². The first kappa shape index (κ1) is 9.33. The average molecular weight is 209 g/mol. The molecule has 0 bridgehead atoms. The van der Waals surface area contributed by atoms with Crippen molar-refractivity contribution in [3.63, 3.8) is 0 Å². The molecule has 4 nitrogen and oxygen atoms in total. The Morgan fingerprint density at radius 3 is 3.00 bits per heavy atom. The highest BCUT2D eigenvalue weighted by Crippen LogP contribution is 2.26. The summed E-state index contributed by atoms with van der Waals surface area (Å²) in [5.74, 6) is 0.00560. The van der Waals surface area contributed by atoms with Gasteiger partial charge < -0.3 is 5.32 Å². The van der Waals surface area contributed by atoms with Crippen molar-refractivity contribution in [2.24, 2.45) is 0 Å². The monoisotopic (exact) mass is 209 g/mol. The molecular weight excluding hydrogens is 198 g/mol. The molecule has 0 spiro atoms. The minimum absolute atomic E-state index is 0.00560. The molecule has 1 N–H and O–H groups in total. The van der Waals surface area contributed by atoms with E-state index in [9.17, 15) is 4.79 Å². The number of carbonyl (C=O) groups is 1. The summed E-state index contributed by atoms with van der Waals surface area (Å²) in [5, 5.41) is 7.16. The van der Waals surface area contributed by atoms with E-state index in [-0.39, 0.29) is 5.91 Å². The molecule has 1 amide bonds. The van der Waals surface area contributed by atoms with E-state index in [0.717, 1.165) is 24.8 Å². The van der Waals surface area contributed by atoms with Crippen molar-refractivity contribution in [1.29, 1.82) is 0 Å². The molecule has 1 aliphatic carbocycles. The number of rotatable bonds is 2. The maximum Gasteiger partial charge on any atom is 0.252 e. The van der Waals surface area contributed by atoms with Gasteiger partial charge in [0.05, 0.1) is 6.20 Å². The van der Waals surface area contributed by atoms with Gasteiger partial charge >= 0.3 is 0 Å². The summed E-state index contributed by atoms with van der Waals surface area (Å²) in [7, 11) is 0. The molecule has 0 fully saturated rings. The molecule has 0 saturated heterocycles. The number of nitrogens with one attached hydrogen (secondary N) is 1. The van der Waals surface area contributed by atoms with Crippen LogP contribution in [0, 0.1) is 0 Å². The first-order valence-electron chi connectivity index (χ1n) is 4.54. The summed E-state index contributed by atoms with van der Waals surface area (Å²) in [6.45, 7) is 2.02. The predicted molar refractivity (Wildman–Crippen MR) is 55.1 cm³/mol. The Hall–Kier alpha value is -1.23. The van der Waals surface area contributed by atoms with Crippen molar-refractivity contribution in [2.75, 3.05) is 5.32 Å². The molecule has 1 heterocycles. The van der Waals surface area contributed by atoms with Crippen LogP contribution < -0.4 is 5.32 Å². The summed E-state index contributed by atoms with van der Waals surface area (Å²) in [5.41, 5.74) is 2.14. The Bertz CT molecular complexity index is 369. The van der Waals surface area contributed by atoms with E-state index in [1.807, 2.05) is 6.92 Å². The number of aromatic nitrogens is 2. The van der Waals surface area contributed by atoms with Crippen molar-refractivity contribution < 1.29 is 4.79 Å². The fraction of sp³-hybridized carbons (Fsp3) is 0.444. The zero-order valence-corrected chi connectivity index (χ0v) is 8.73. The Kier molecular flexibility index (Phi) is 2.58. The topological polar surface area (TPSA) is 54.9 Å². The van der Waals surface area contributed by atoms with Crippen molar-refractivity contribution in [2.45, 2.75) is 26.2 Å². The zero-order valence-electron chi connectivity index (χ0n) is 7.91. The lowest BCUT2D eigenvalue weighted by atomic mass is 10.1. The second-order valence-corrected chi connectivity index (χ2v) is 4.13. The molecule has 5 heteroatoms. The van der Waals surface area contributed by atoms with E-state index in [0.29, 0.717) is 5.00 Å². The quantitative estimate of drug-likeness (QED) is 0.810. The van der Waals surface area contributed by atoms with Gasteiger partial charge in [-0.05, 0) is 26.2 Å². The van der Waals surface area contributed by atoms with Crippen LogP contribution in [0.3, 0.4) is 0 Å². The number of carbonyl (C=O) groups excluding carboxylic acids is 1. The molecule has 1 aromatic heterocycles. The highest BCUT2D eigenvalue weighted by Gasteiger charge is 2.18. The van der Waals surface area contributed by atoms with Gasteiger partial charge in [-0.1, -0.05) is 10.1 Å². The second kappa shape index (κ2) is 3.88. The summed E-state index contributed by atoms with van der Waals surface area (Å²) >= 11 is 1.20. The van der Waals surface area contributed by atoms with Crippen LogP contribution in [0.1, 0.15) is 26.2 Å². The molecule has 0 atom stereocenters. The molecule has 0 saturated carbocycles. The fourth-order valence-corrected chi connectivity index (χ4v) is 2.03. The van der Waals surface area contributed by atoms with Crippen molar-refractivity contribution in [3.05, 3.63) is 17.3 Å². The summed E-state index contributed by atoms with van der Waals surface area (Å²) < 4.78 is 3.68. The number of allylic oxidation sites excluding steroid dienone is 1. The Morgan fingerprint density at radius 2 is 2.43 bits per heavy atom.